The summed E-state index contributed by atoms with van der Waals surface area (Å²) in [5.74, 6) is 1.52. The fourth-order valence-corrected chi connectivity index (χ4v) is 5.43. The topological polar surface area (TPSA) is 88.4 Å². The van der Waals surface area contributed by atoms with E-state index in [0.717, 1.165) is 17.5 Å². The van der Waals surface area contributed by atoms with E-state index >= 15 is 0 Å². The van der Waals surface area contributed by atoms with Crippen LogP contribution in [-0.2, 0) is 9.53 Å². The van der Waals surface area contributed by atoms with Crippen molar-refractivity contribution in [1.29, 1.82) is 0 Å². The van der Waals surface area contributed by atoms with Gasteiger partial charge in [-0.1, -0.05) is 36.5 Å². The second-order valence-electron chi connectivity index (χ2n) is 8.79. The molecule has 0 N–H and O–H groups in total. The molecule has 1 atom stereocenters. The molecule has 1 aliphatic rings. The molecule has 2 heterocycles. The summed E-state index contributed by atoms with van der Waals surface area (Å²) >= 11 is 1.28. The Morgan fingerprint density at radius 3 is 2.38 bits per heavy atom. The molecule has 0 amide bonds. The number of carbonyl (C=O) groups is 1. The highest BCUT2D eigenvalue weighted by Crippen LogP contribution is 2.32. The minimum absolute atomic E-state index is 0.218. The zero-order chi connectivity index (χ0) is 27.9. The number of thiazole rings is 1. The number of allylic oxidation sites excluding steroid dienone is 1. The third-order valence-electron chi connectivity index (χ3n) is 6.05. The largest absolute Gasteiger partial charge is 0.494 e. The van der Waals surface area contributed by atoms with Gasteiger partial charge < -0.3 is 18.9 Å². The van der Waals surface area contributed by atoms with Crippen LogP contribution in [0.2, 0.25) is 0 Å². The van der Waals surface area contributed by atoms with Crippen LogP contribution >= 0.6 is 11.3 Å². The molecule has 0 saturated heterocycles. The summed E-state index contributed by atoms with van der Waals surface area (Å²) in [6, 6.07) is 12.4. The fourth-order valence-electron chi connectivity index (χ4n) is 4.39. The highest BCUT2D eigenvalue weighted by molar-refractivity contribution is 7.07. The minimum Gasteiger partial charge on any atom is -0.494 e. The first-order valence-electron chi connectivity index (χ1n) is 13.2. The number of esters is 1. The van der Waals surface area contributed by atoms with E-state index in [-0.39, 0.29) is 12.2 Å². The molecule has 0 unspecified atom stereocenters. The number of hydrogen-bond acceptors (Lipinski definition) is 8. The van der Waals surface area contributed by atoms with Gasteiger partial charge in [0.1, 0.15) is 5.75 Å². The number of aromatic nitrogens is 1. The van der Waals surface area contributed by atoms with E-state index in [1.54, 1.807) is 18.4 Å². The molecule has 0 bridgehead atoms. The molecule has 3 aromatic rings. The predicted molar refractivity (Wildman–Crippen MR) is 151 cm³/mol. The van der Waals surface area contributed by atoms with Gasteiger partial charge in [-0.15, -0.1) is 0 Å². The van der Waals surface area contributed by atoms with E-state index in [2.05, 4.69) is 4.99 Å². The summed E-state index contributed by atoms with van der Waals surface area (Å²) < 4.78 is 24.6. The summed E-state index contributed by atoms with van der Waals surface area (Å²) in [7, 11) is 0. The first kappa shape index (κ1) is 28.2. The Hall–Kier alpha value is -3.85. The van der Waals surface area contributed by atoms with Crippen LogP contribution < -0.4 is 29.1 Å². The average molecular weight is 551 g/mol. The minimum atomic E-state index is -0.679. The van der Waals surface area contributed by atoms with Gasteiger partial charge in [-0.25, -0.2) is 9.79 Å². The zero-order valence-electron chi connectivity index (χ0n) is 23.0. The second-order valence-corrected chi connectivity index (χ2v) is 9.80. The van der Waals surface area contributed by atoms with Crippen LogP contribution in [0.5, 0.6) is 17.2 Å². The molecule has 1 aromatic heterocycles. The first-order chi connectivity index (χ1) is 18.9. The van der Waals surface area contributed by atoms with E-state index in [9.17, 15) is 9.59 Å². The molecule has 0 aliphatic carbocycles. The lowest BCUT2D eigenvalue weighted by atomic mass is 9.96. The van der Waals surface area contributed by atoms with Gasteiger partial charge in [0, 0.05) is 0 Å². The molecule has 0 spiro atoms. The smallest absolute Gasteiger partial charge is 0.338 e. The van der Waals surface area contributed by atoms with Gasteiger partial charge in [-0.2, -0.15) is 0 Å². The quantitative estimate of drug-likeness (QED) is 0.329. The van der Waals surface area contributed by atoms with Crippen LogP contribution in [0.15, 0.2) is 63.5 Å². The molecular weight excluding hydrogens is 516 g/mol. The molecule has 1 aliphatic heterocycles. The molecule has 2 aromatic carbocycles. The third-order valence-corrected chi connectivity index (χ3v) is 7.03. The maximum absolute atomic E-state index is 13.8. The van der Waals surface area contributed by atoms with Crippen LogP contribution in [0.1, 0.15) is 58.2 Å². The van der Waals surface area contributed by atoms with Crippen molar-refractivity contribution in [2.24, 2.45) is 4.99 Å². The van der Waals surface area contributed by atoms with E-state index in [0.29, 0.717) is 57.7 Å². The van der Waals surface area contributed by atoms with Gasteiger partial charge in [0.05, 0.1) is 48.3 Å². The van der Waals surface area contributed by atoms with Gasteiger partial charge in [0.15, 0.2) is 16.3 Å². The van der Waals surface area contributed by atoms with Gasteiger partial charge >= 0.3 is 5.97 Å². The fraction of sp³-hybridized carbons (Fsp3) is 0.367. The Balaban J connectivity index is 1.84. The van der Waals surface area contributed by atoms with Crippen molar-refractivity contribution in [1.82, 2.24) is 4.57 Å². The Morgan fingerprint density at radius 1 is 0.974 bits per heavy atom. The lowest BCUT2D eigenvalue weighted by Gasteiger charge is -2.24. The second kappa shape index (κ2) is 12.8. The van der Waals surface area contributed by atoms with E-state index in [4.69, 9.17) is 18.9 Å². The summed E-state index contributed by atoms with van der Waals surface area (Å²) in [5.41, 5.74) is 2.19. The maximum Gasteiger partial charge on any atom is 0.338 e. The Bertz CT molecular complexity index is 1530. The van der Waals surface area contributed by atoms with Gasteiger partial charge in [-0.05, 0) is 75.6 Å². The summed E-state index contributed by atoms with van der Waals surface area (Å²) in [6.07, 6.45) is 2.70. The van der Waals surface area contributed by atoms with Crippen molar-refractivity contribution >= 4 is 23.4 Å². The van der Waals surface area contributed by atoms with Gasteiger partial charge in [0.2, 0.25) is 0 Å². The number of carbonyl (C=O) groups excluding carboxylic acids is 1. The number of benzene rings is 2. The molecule has 0 saturated carbocycles. The van der Waals surface area contributed by atoms with E-state index < -0.39 is 12.0 Å². The van der Waals surface area contributed by atoms with Gasteiger partial charge in [0.25, 0.3) is 5.56 Å². The van der Waals surface area contributed by atoms with Crippen molar-refractivity contribution in [3.63, 3.8) is 0 Å². The average Bonchev–Trinajstić information content (AvgIpc) is 3.22. The van der Waals surface area contributed by atoms with E-state index in [1.165, 1.54) is 11.3 Å². The lowest BCUT2D eigenvalue weighted by molar-refractivity contribution is -0.139. The monoisotopic (exact) mass is 550 g/mol. The Morgan fingerprint density at radius 2 is 1.72 bits per heavy atom. The lowest BCUT2D eigenvalue weighted by Crippen LogP contribution is -2.39. The normalized spacial score (nSPS) is 15.0. The number of rotatable bonds is 11. The van der Waals surface area contributed by atoms with Gasteiger partial charge in [-0.3, -0.25) is 9.36 Å². The first-order valence-corrected chi connectivity index (χ1v) is 14.0. The number of hydrogen-bond donors (Lipinski definition) is 0. The number of nitrogens with zero attached hydrogens (tertiary/aromatic N) is 2. The van der Waals surface area contributed by atoms with Crippen LogP contribution in [-0.4, -0.2) is 37.0 Å². The van der Waals surface area contributed by atoms with E-state index in [1.807, 2.05) is 69.3 Å². The highest BCUT2D eigenvalue weighted by Gasteiger charge is 2.33. The van der Waals surface area contributed by atoms with Crippen LogP contribution in [0.3, 0.4) is 0 Å². The number of ether oxygens (including phenoxy) is 4. The van der Waals surface area contributed by atoms with Crippen LogP contribution in [0.4, 0.5) is 0 Å². The molecule has 206 valence electrons. The van der Waals surface area contributed by atoms with Crippen molar-refractivity contribution in [3.8, 4) is 17.2 Å². The van der Waals surface area contributed by atoms with Crippen LogP contribution in [0, 0.1) is 0 Å². The SMILES string of the molecule is CCCOc1ccc(/C=c2/sc3n(c2=O)[C@H](c2ccc(OCC)cc2)C(C(=O)OCC)=C(C)N=3)cc1OCC. The third kappa shape index (κ3) is 6.09. The molecule has 8 nitrogen and oxygen atoms in total. The summed E-state index contributed by atoms with van der Waals surface area (Å²) in [4.78, 5) is 32.1. The van der Waals surface area contributed by atoms with Crippen molar-refractivity contribution in [2.45, 2.75) is 47.1 Å². The van der Waals surface area contributed by atoms with Crippen molar-refractivity contribution in [2.75, 3.05) is 26.4 Å². The van der Waals surface area contributed by atoms with Crippen molar-refractivity contribution in [3.05, 3.63) is 84.5 Å². The predicted octanol–water partition coefficient (Wildman–Crippen LogP) is 4.38. The molecule has 4 rings (SSSR count). The summed E-state index contributed by atoms with van der Waals surface area (Å²) in [5, 5.41) is 0. The molecule has 0 radical (unpaired) electrons. The number of fused-ring (bicyclic) bond motifs is 1. The van der Waals surface area contributed by atoms with Crippen molar-refractivity contribution < 1.29 is 23.7 Å². The standard InChI is InChI=1S/C30H34N2O6S/c1-6-16-38-23-15-10-20(17-24(23)36-8-3)18-25-28(33)32-27(21-11-13-22(14-12-21)35-7-2)26(29(34)37-9-4)19(5)31-30(32)39-25/h10-15,17-18,27H,6-9,16H2,1-5H3/b25-18+/t27-/m1/s1. The summed E-state index contributed by atoms with van der Waals surface area (Å²) in [6.45, 7) is 11.2. The molecular formula is C30H34N2O6S. The highest BCUT2D eigenvalue weighted by atomic mass is 32.1. The molecule has 9 heteroatoms. The molecule has 0 fully saturated rings. The zero-order valence-corrected chi connectivity index (χ0v) is 23.8. The maximum atomic E-state index is 13.8. The van der Waals surface area contributed by atoms with Crippen LogP contribution in [0.25, 0.3) is 6.08 Å². The Labute approximate surface area is 231 Å². The molecule has 39 heavy (non-hydrogen) atoms. The Kier molecular flexibility index (Phi) is 9.24.